The molecule has 0 unspecified atom stereocenters. The highest BCUT2D eigenvalue weighted by Gasteiger charge is 2.18. The summed E-state index contributed by atoms with van der Waals surface area (Å²) >= 11 is 0. The van der Waals surface area contributed by atoms with Crippen molar-refractivity contribution in [1.29, 1.82) is 0 Å². The number of aromatic amines is 1. The van der Waals surface area contributed by atoms with Gasteiger partial charge in [0.1, 0.15) is 0 Å². The Balaban J connectivity index is 1.54. The van der Waals surface area contributed by atoms with Gasteiger partial charge in [-0.2, -0.15) is 0 Å². The fourth-order valence-electron chi connectivity index (χ4n) is 3.89. The van der Waals surface area contributed by atoms with Crippen LogP contribution in [0.5, 0.6) is 0 Å². The predicted molar refractivity (Wildman–Crippen MR) is 115 cm³/mol. The molecule has 5 rings (SSSR count). The summed E-state index contributed by atoms with van der Waals surface area (Å²) in [4.78, 5) is 30.0. The van der Waals surface area contributed by atoms with Crippen LogP contribution in [0.4, 0.5) is 0 Å². The molecule has 0 spiro atoms. The fraction of sp³-hybridized carbons (Fsp3) is 0.261. The summed E-state index contributed by atoms with van der Waals surface area (Å²) in [5.41, 5.74) is 3.61. The normalized spacial score (nSPS) is 16.4. The first-order valence-electron chi connectivity index (χ1n) is 10.1. The van der Waals surface area contributed by atoms with Crippen LogP contribution in [0.3, 0.4) is 0 Å². The molecule has 2 aromatic carbocycles. The lowest BCUT2D eigenvalue weighted by molar-refractivity contribution is 0.0858. The van der Waals surface area contributed by atoms with Gasteiger partial charge in [-0.05, 0) is 50.1 Å². The van der Waals surface area contributed by atoms with Crippen LogP contribution in [-0.4, -0.2) is 39.9 Å². The first-order valence-corrected chi connectivity index (χ1v) is 10.1. The number of carbonyl (C=O) groups excluding carboxylic acids is 1. The first-order chi connectivity index (χ1) is 14.6. The van der Waals surface area contributed by atoms with Crippen molar-refractivity contribution in [2.45, 2.75) is 25.9 Å². The van der Waals surface area contributed by atoms with Crippen molar-refractivity contribution < 1.29 is 9.53 Å². The Bertz CT molecular complexity index is 1300. The Morgan fingerprint density at radius 3 is 2.83 bits per heavy atom. The van der Waals surface area contributed by atoms with Gasteiger partial charge in [0.05, 0.1) is 28.2 Å². The number of fused-ring (bicyclic) bond motifs is 3. The average molecular weight is 402 g/mol. The zero-order valence-electron chi connectivity index (χ0n) is 16.6. The van der Waals surface area contributed by atoms with E-state index in [1.54, 1.807) is 24.4 Å². The smallest absolute Gasteiger partial charge is 0.280 e. The number of hydrogen-bond donors (Lipinski definition) is 2. The molecule has 7 nitrogen and oxygen atoms in total. The van der Waals surface area contributed by atoms with Gasteiger partial charge < -0.3 is 10.1 Å². The minimum atomic E-state index is -0.170. The van der Waals surface area contributed by atoms with Crippen LogP contribution in [0, 0.1) is 6.92 Å². The Labute approximate surface area is 172 Å². The molecule has 152 valence electrons. The zero-order valence-corrected chi connectivity index (χ0v) is 16.6. The van der Waals surface area contributed by atoms with Crippen molar-refractivity contribution in [1.82, 2.24) is 20.1 Å². The number of aromatic nitrogens is 3. The molecule has 0 bridgehead atoms. The van der Waals surface area contributed by atoms with Gasteiger partial charge in [-0.25, -0.2) is 4.68 Å². The van der Waals surface area contributed by atoms with Crippen LogP contribution in [0.15, 0.2) is 53.5 Å². The molecule has 0 radical (unpaired) electrons. The molecule has 1 aliphatic heterocycles. The third-order valence-corrected chi connectivity index (χ3v) is 5.59. The van der Waals surface area contributed by atoms with Gasteiger partial charge in [0, 0.05) is 30.3 Å². The quantitative estimate of drug-likeness (QED) is 0.549. The van der Waals surface area contributed by atoms with Crippen LogP contribution in [0.1, 0.15) is 28.8 Å². The molecule has 2 N–H and O–H groups in total. The number of carbonyl (C=O) groups is 1. The van der Waals surface area contributed by atoms with E-state index in [0.29, 0.717) is 23.0 Å². The number of aryl methyl sites for hydroxylation is 1. The molecule has 3 heterocycles. The molecule has 1 amide bonds. The number of benzene rings is 2. The Morgan fingerprint density at radius 2 is 2.07 bits per heavy atom. The van der Waals surface area contributed by atoms with E-state index < -0.39 is 0 Å². The highest BCUT2D eigenvalue weighted by atomic mass is 16.5. The van der Waals surface area contributed by atoms with Gasteiger partial charge in [0.25, 0.3) is 11.5 Å². The number of ether oxygens (including phenoxy) is 1. The zero-order chi connectivity index (χ0) is 20.7. The first kappa shape index (κ1) is 18.6. The van der Waals surface area contributed by atoms with Crippen LogP contribution in [-0.2, 0) is 4.74 Å². The number of nitrogens with zero attached hydrogens (tertiary/aromatic N) is 2. The van der Waals surface area contributed by atoms with Gasteiger partial charge in [0.15, 0.2) is 0 Å². The standard InChI is InChI=1S/C23H22N4O3/c1-14-4-7-16(8-5-14)27-23(29)19-13-24-20-9-6-15(11-18(20)21(19)26-27)22(28)25-12-17-3-2-10-30-17/h4-9,11,13,17,26H,2-3,10,12H2,1H3,(H,25,28)/t17-/m0/s1. The predicted octanol–water partition coefficient (Wildman–Crippen LogP) is 3.08. The van der Waals surface area contributed by atoms with Gasteiger partial charge in [-0.3, -0.25) is 19.7 Å². The van der Waals surface area contributed by atoms with E-state index in [2.05, 4.69) is 15.4 Å². The van der Waals surface area contributed by atoms with E-state index in [0.717, 1.165) is 41.6 Å². The summed E-state index contributed by atoms with van der Waals surface area (Å²) < 4.78 is 7.07. The third-order valence-electron chi connectivity index (χ3n) is 5.59. The highest BCUT2D eigenvalue weighted by molar-refractivity contribution is 6.06. The third kappa shape index (κ3) is 3.27. The molecule has 1 aliphatic rings. The van der Waals surface area contributed by atoms with Crippen molar-refractivity contribution in [3.8, 4) is 5.69 Å². The second-order valence-electron chi connectivity index (χ2n) is 7.71. The molecule has 1 saturated heterocycles. The van der Waals surface area contributed by atoms with E-state index in [1.165, 1.54) is 4.68 Å². The fourth-order valence-corrected chi connectivity index (χ4v) is 3.89. The maximum absolute atomic E-state index is 12.9. The summed E-state index contributed by atoms with van der Waals surface area (Å²) in [6, 6.07) is 13.0. The minimum absolute atomic E-state index is 0.0858. The Hall–Kier alpha value is -3.45. The van der Waals surface area contributed by atoms with Crippen molar-refractivity contribution in [2.75, 3.05) is 13.2 Å². The molecule has 2 aromatic heterocycles. The molecule has 30 heavy (non-hydrogen) atoms. The molecule has 1 atom stereocenters. The number of pyridine rings is 1. The summed E-state index contributed by atoms with van der Waals surface area (Å²) in [6.07, 6.45) is 3.67. The van der Waals surface area contributed by atoms with Gasteiger partial charge in [-0.15, -0.1) is 0 Å². The minimum Gasteiger partial charge on any atom is -0.376 e. The number of amides is 1. The SMILES string of the molecule is Cc1ccc(-n2[nH]c3c(cnc4ccc(C(=O)NC[C@@H]5CCCO5)cc43)c2=O)cc1. The van der Waals surface area contributed by atoms with Crippen molar-refractivity contribution in [3.63, 3.8) is 0 Å². The summed E-state index contributed by atoms with van der Waals surface area (Å²) in [5, 5.41) is 7.36. The van der Waals surface area contributed by atoms with Crippen LogP contribution in [0.25, 0.3) is 27.5 Å². The number of nitrogens with one attached hydrogen (secondary N) is 2. The van der Waals surface area contributed by atoms with Crippen molar-refractivity contribution in [3.05, 3.63) is 70.1 Å². The largest absolute Gasteiger partial charge is 0.376 e. The Kier molecular flexibility index (Phi) is 4.59. The summed E-state index contributed by atoms with van der Waals surface area (Å²) in [5.74, 6) is -0.162. The number of H-pyrrole nitrogens is 1. The van der Waals surface area contributed by atoms with Crippen LogP contribution < -0.4 is 10.9 Å². The van der Waals surface area contributed by atoms with Crippen LogP contribution >= 0.6 is 0 Å². The lowest BCUT2D eigenvalue weighted by atomic mass is 10.1. The summed E-state index contributed by atoms with van der Waals surface area (Å²) in [6.45, 7) is 3.26. The van der Waals surface area contributed by atoms with Gasteiger partial charge >= 0.3 is 0 Å². The van der Waals surface area contributed by atoms with Crippen molar-refractivity contribution in [2.24, 2.45) is 0 Å². The molecular weight excluding hydrogens is 380 g/mol. The number of hydrogen-bond acceptors (Lipinski definition) is 4. The van der Waals surface area contributed by atoms with Gasteiger partial charge in [-0.1, -0.05) is 17.7 Å². The highest BCUT2D eigenvalue weighted by Crippen LogP contribution is 2.22. The van der Waals surface area contributed by atoms with E-state index >= 15 is 0 Å². The van der Waals surface area contributed by atoms with E-state index in [1.807, 2.05) is 31.2 Å². The number of rotatable bonds is 4. The average Bonchev–Trinajstić information content (AvgIpc) is 3.40. The van der Waals surface area contributed by atoms with E-state index in [-0.39, 0.29) is 17.6 Å². The van der Waals surface area contributed by atoms with E-state index in [4.69, 9.17) is 4.74 Å². The molecule has 0 aliphatic carbocycles. The monoisotopic (exact) mass is 402 g/mol. The molecular formula is C23H22N4O3. The maximum atomic E-state index is 12.9. The summed E-state index contributed by atoms with van der Waals surface area (Å²) in [7, 11) is 0. The van der Waals surface area contributed by atoms with Crippen molar-refractivity contribution >= 4 is 27.7 Å². The van der Waals surface area contributed by atoms with E-state index in [9.17, 15) is 9.59 Å². The molecule has 0 saturated carbocycles. The molecule has 1 fully saturated rings. The van der Waals surface area contributed by atoms with Crippen LogP contribution in [0.2, 0.25) is 0 Å². The molecule has 7 heteroatoms. The second-order valence-corrected chi connectivity index (χ2v) is 7.71. The topological polar surface area (TPSA) is 89.0 Å². The lowest BCUT2D eigenvalue weighted by Crippen LogP contribution is -2.31. The Morgan fingerprint density at radius 1 is 1.23 bits per heavy atom. The molecule has 4 aromatic rings. The lowest BCUT2D eigenvalue weighted by Gasteiger charge is -2.11. The maximum Gasteiger partial charge on any atom is 0.280 e. The second kappa shape index (κ2) is 7.42. The van der Waals surface area contributed by atoms with Gasteiger partial charge in [0.2, 0.25) is 0 Å².